The molecule has 0 aliphatic heterocycles. The molecule has 0 saturated heterocycles. The molecule has 0 nitrogen and oxygen atoms in total. The number of fused-ring (bicyclic) bond motifs is 9. The summed E-state index contributed by atoms with van der Waals surface area (Å²) >= 11 is 0. The second kappa shape index (κ2) is 11.1. The van der Waals surface area contributed by atoms with Crippen molar-refractivity contribution in [2.45, 2.75) is 59.8 Å². The summed E-state index contributed by atoms with van der Waals surface area (Å²) in [7, 11) is 0. The Morgan fingerprint density at radius 1 is 0.576 bits per heavy atom. The average Bonchev–Trinajstić information content (AvgIpc) is 3.19. The Balaban J connectivity index is 0.000000399. The molecule has 3 aromatic rings. The van der Waals surface area contributed by atoms with Gasteiger partial charge < -0.3 is 0 Å². The van der Waals surface area contributed by atoms with Gasteiger partial charge in [-0.3, -0.25) is 0 Å². The highest BCUT2D eigenvalue weighted by Gasteiger charge is 2.51. The summed E-state index contributed by atoms with van der Waals surface area (Å²) in [4.78, 5) is 0. The lowest BCUT2D eigenvalue weighted by molar-refractivity contribution is 0.786. The zero-order valence-electron chi connectivity index (χ0n) is 21.2. The molecular formula is C33H38. The summed E-state index contributed by atoms with van der Waals surface area (Å²) in [6, 6.07) is 26.9. The second-order valence-corrected chi connectivity index (χ2v) is 7.96. The van der Waals surface area contributed by atoms with E-state index in [4.69, 9.17) is 0 Å². The molecule has 0 radical (unpaired) electrons. The maximum atomic E-state index is 2.37. The van der Waals surface area contributed by atoms with E-state index in [1.54, 1.807) is 0 Å². The molecule has 0 saturated carbocycles. The Labute approximate surface area is 201 Å². The molecular weight excluding hydrogens is 396 g/mol. The van der Waals surface area contributed by atoms with E-state index in [1.165, 1.54) is 50.9 Å². The van der Waals surface area contributed by atoms with Crippen molar-refractivity contribution in [2.75, 3.05) is 0 Å². The van der Waals surface area contributed by atoms with E-state index < -0.39 is 0 Å². The smallest absolute Gasteiger partial charge is 0.0725 e. The minimum atomic E-state index is -0.190. The van der Waals surface area contributed by atoms with E-state index in [2.05, 4.69) is 111 Å². The van der Waals surface area contributed by atoms with Crippen LogP contribution in [0.5, 0.6) is 0 Å². The molecule has 33 heavy (non-hydrogen) atoms. The van der Waals surface area contributed by atoms with Gasteiger partial charge in [-0.2, -0.15) is 0 Å². The molecule has 3 aromatic carbocycles. The molecule has 0 atom stereocenters. The zero-order valence-corrected chi connectivity index (χ0v) is 21.2. The van der Waals surface area contributed by atoms with Crippen LogP contribution < -0.4 is 0 Å². The number of rotatable bonds is 0. The van der Waals surface area contributed by atoms with Crippen LogP contribution in [0, 0.1) is 0 Å². The second-order valence-electron chi connectivity index (χ2n) is 7.96. The molecule has 170 valence electrons. The lowest BCUT2D eigenvalue weighted by atomic mass is 9.69. The normalized spacial score (nSPS) is 14.8. The third kappa shape index (κ3) is 3.82. The first-order valence-corrected chi connectivity index (χ1v) is 12.7. The quantitative estimate of drug-likeness (QED) is 0.330. The SMILES string of the molecule is C1=CC2=C(C=CC1)C1(c3ccccc32)c2ccccc2-c2ccccc21.CC.CC.CCC. The van der Waals surface area contributed by atoms with Crippen LogP contribution in [-0.2, 0) is 5.41 Å². The standard InChI is InChI=1S/C26H18.C3H8.2C2H6/c1-2-10-18-19-11-4-7-15-23(19)26(22(18)14-3-1)24-16-8-5-12-20(24)21-13-6-9-17-25(21)26;1-3-2;2*1-2/h2-17H,1H2;3H2,1-2H3;2*1-2H3. The van der Waals surface area contributed by atoms with E-state index in [1.807, 2.05) is 27.7 Å². The van der Waals surface area contributed by atoms with Gasteiger partial charge in [-0.1, -0.05) is 145 Å². The van der Waals surface area contributed by atoms with Crippen LogP contribution in [0.3, 0.4) is 0 Å². The fourth-order valence-electron chi connectivity index (χ4n) is 5.20. The van der Waals surface area contributed by atoms with Crippen molar-refractivity contribution >= 4 is 5.57 Å². The molecule has 3 aliphatic rings. The van der Waals surface area contributed by atoms with Crippen molar-refractivity contribution in [3.8, 4) is 11.1 Å². The summed E-state index contributed by atoms with van der Waals surface area (Å²) in [5, 5.41) is 0. The minimum absolute atomic E-state index is 0.190. The Bertz CT molecular complexity index is 1120. The van der Waals surface area contributed by atoms with Crippen molar-refractivity contribution in [3.63, 3.8) is 0 Å². The van der Waals surface area contributed by atoms with Crippen LogP contribution in [0.25, 0.3) is 16.7 Å². The minimum Gasteiger partial charge on any atom is -0.0804 e. The first kappa shape index (κ1) is 24.5. The van der Waals surface area contributed by atoms with Gasteiger partial charge in [0.25, 0.3) is 0 Å². The van der Waals surface area contributed by atoms with Crippen LogP contribution in [-0.4, -0.2) is 0 Å². The monoisotopic (exact) mass is 434 g/mol. The summed E-state index contributed by atoms with van der Waals surface area (Å²) in [6.07, 6.45) is 11.5. The van der Waals surface area contributed by atoms with Crippen LogP contribution in [0.4, 0.5) is 0 Å². The zero-order chi connectivity index (χ0) is 23.8. The van der Waals surface area contributed by atoms with E-state index in [9.17, 15) is 0 Å². The Hall–Kier alpha value is -3.12. The van der Waals surface area contributed by atoms with E-state index in [-0.39, 0.29) is 5.41 Å². The maximum absolute atomic E-state index is 2.37. The number of benzene rings is 3. The van der Waals surface area contributed by atoms with Gasteiger partial charge >= 0.3 is 0 Å². The Kier molecular flexibility index (Phi) is 8.28. The largest absolute Gasteiger partial charge is 0.0804 e. The fraction of sp³-hybridized carbons (Fsp3) is 0.273. The molecule has 0 heterocycles. The third-order valence-electron chi connectivity index (χ3n) is 6.11. The van der Waals surface area contributed by atoms with Gasteiger partial charge in [0.05, 0.1) is 5.41 Å². The van der Waals surface area contributed by atoms with Crippen molar-refractivity contribution in [1.82, 2.24) is 0 Å². The lowest BCUT2D eigenvalue weighted by Crippen LogP contribution is -2.26. The summed E-state index contributed by atoms with van der Waals surface area (Å²) in [6.45, 7) is 12.2. The van der Waals surface area contributed by atoms with Gasteiger partial charge in [-0.05, 0) is 50.9 Å². The van der Waals surface area contributed by atoms with Crippen molar-refractivity contribution in [1.29, 1.82) is 0 Å². The first-order valence-electron chi connectivity index (χ1n) is 12.7. The van der Waals surface area contributed by atoms with Crippen LogP contribution in [0.2, 0.25) is 0 Å². The van der Waals surface area contributed by atoms with E-state index in [0.29, 0.717) is 0 Å². The number of hydrogen-bond acceptors (Lipinski definition) is 0. The summed E-state index contributed by atoms with van der Waals surface area (Å²) in [5.74, 6) is 0. The number of allylic oxidation sites excluding steroid dienone is 6. The Morgan fingerprint density at radius 2 is 0.970 bits per heavy atom. The summed E-state index contributed by atoms with van der Waals surface area (Å²) < 4.78 is 0. The van der Waals surface area contributed by atoms with Crippen LogP contribution in [0.15, 0.2) is 103 Å². The molecule has 0 amide bonds. The lowest BCUT2D eigenvalue weighted by Gasteiger charge is -2.31. The van der Waals surface area contributed by atoms with Crippen molar-refractivity contribution < 1.29 is 0 Å². The highest BCUT2D eigenvalue weighted by atomic mass is 14.5. The molecule has 6 rings (SSSR count). The topological polar surface area (TPSA) is 0 Å². The molecule has 0 aromatic heterocycles. The van der Waals surface area contributed by atoms with Gasteiger partial charge in [0.1, 0.15) is 0 Å². The molecule has 1 spiro atoms. The Morgan fingerprint density at radius 3 is 1.48 bits per heavy atom. The van der Waals surface area contributed by atoms with Gasteiger partial charge in [0, 0.05) is 0 Å². The third-order valence-corrected chi connectivity index (χ3v) is 6.11. The first-order chi connectivity index (χ1) is 16.3. The van der Waals surface area contributed by atoms with Gasteiger partial charge in [0.2, 0.25) is 0 Å². The van der Waals surface area contributed by atoms with Crippen LogP contribution >= 0.6 is 0 Å². The molecule has 0 bridgehead atoms. The highest BCUT2D eigenvalue weighted by molar-refractivity contribution is 5.97. The fourth-order valence-corrected chi connectivity index (χ4v) is 5.20. The molecule has 0 heteroatoms. The van der Waals surface area contributed by atoms with Gasteiger partial charge in [-0.25, -0.2) is 0 Å². The van der Waals surface area contributed by atoms with E-state index in [0.717, 1.165) is 6.42 Å². The predicted octanol–water partition coefficient (Wildman–Crippen LogP) is 9.75. The highest BCUT2D eigenvalue weighted by Crippen LogP contribution is 2.62. The average molecular weight is 435 g/mol. The van der Waals surface area contributed by atoms with E-state index >= 15 is 0 Å². The van der Waals surface area contributed by atoms with Crippen molar-refractivity contribution in [3.05, 3.63) is 125 Å². The molecule has 0 unspecified atom stereocenters. The van der Waals surface area contributed by atoms with Gasteiger partial charge in [-0.15, -0.1) is 0 Å². The molecule has 0 fully saturated rings. The summed E-state index contributed by atoms with van der Waals surface area (Å²) in [5.41, 5.74) is 11.0. The maximum Gasteiger partial charge on any atom is 0.0725 e. The molecule has 3 aliphatic carbocycles. The van der Waals surface area contributed by atoms with Gasteiger partial charge in [0.15, 0.2) is 0 Å². The van der Waals surface area contributed by atoms with Crippen LogP contribution in [0.1, 0.15) is 76.6 Å². The van der Waals surface area contributed by atoms with Crippen molar-refractivity contribution in [2.24, 2.45) is 0 Å². The number of hydrogen-bond donors (Lipinski definition) is 0. The molecule has 0 N–H and O–H groups in total. The predicted molar refractivity (Wildman–Crippen MR) is 147 cm³/mol.